The van der Waals surface area contributed by atoms with Gasteiger partial charge in [-0.2, -0.15) is 0 Å². The molecule has 3 nitrogen and oxygen atoms in total. The zero-order valence-corrected chi connectivity index (χ0v) is 30.6. The average Bonchev–Trinajstić information content (AvgIpc) is 3.80. The van der Waals surface area contributed by atoms with Gasteiger partial charge in [-0.1, -0.05) is 176 Å². The highest BCUT2D eigenvalue weighted by Gasteiger charge is 2.53. The molecule has 0 aliphatic heterocycles. The normalized spacial score (nSPS) is 18.3. The second kappa shape index (κ2) is 13.0. The zero-order valence-electron chi connectivity index (χ0n) is 30.6. The molecule has 56 heavy (non-hydrogen) atoms. The first-order chi connectivity index (χ1) is 27.8. The zero-order chi connectivity index (χ0) is 37.1. The van der Waals surface area contributed by atoms with Crippen LogP contribution in [0.25, 0.3) is 67.0 Å². The van der Waals surface area contributed by atoms with Crippen molar-refractivity contribution < 1.29 is 4.42 Å². The molecule has 0 radical (unpaired) electrons. The van der Waals surface area contributed by atoms with E-state index in [1.807, 2.05) is 18.2 Å². The van der Waals surface area contributed by atoms with E-state index in [-0.39, 0.29) is 11.8 Å². The molecule has 0 bridgehead atoms. The van der Waals surface area contributed by atoms with E-state index in [1.165, 1.54) is 22.3 Å². The predicted octanol–water partition coefficient (Wildman–Crippen LogP) is 13.2. The van der Waals surface area contributed by atoms with Gasteiger partial charge in [0.1, 0.15) is 11.2 Å². The maximum absolute atomic E-state index is 6.15. The molecule has 0 N–H and O–H groups in total. The summed E-state index contributed by atoms with van der Waals surface area (Å²) in [5, 5.41) is 2.23. The lowest BCUT2D eigenvalue weighted by atomic mass is 9.62. The third-order valence-electron chi connectivity index (χ3n) is 11.9. The van der Waals surface area contributed by atoms with Crippen LogP contribution in [0.3, 0.4) is 0 Å². The Morgan fingerprint density at radius 3 is 2.00 bits per heavy atom. The van der Waals surface area contributed by atoms with E-state index < -0.39 is 5.41 Å². The Kier molecular flexibility index (Phi) is 7.53. The van der Waals surface area contributed by atoms with E-state index in [0.717, 1.165) is 61.1 Å². The van der Waals surface area contributed by atoms with Crippen molar-refractivity contribution >= 4 is 21.9 Å². The number of nitrogens with zero attached hydrogens (tertiary/aromatic N) is 2. The molecule has 3 atom stereocenters. The molecule has 3 heteroatoms. The van der Waals surface area contributed by atoms with Gasteiger partial charge in [0.25, 0.3) is 0 Å². The molecular formula is C53H36N2O. The molecule has 3 unspecified atom stereocenters. The minimum Gasteiger partial charge on any atom is -0.456 e. The first kappa shape index (κ1) is 32.3. The van der Waals surface area contributed by atoms with Crippen molar-refractivity contribution in [1.82, 2.24) is 9.97 Å². The number of para-hydroxylation sites is 1. The molecule has 9 aromatic rings. The Morgan fingerprint density at radius 2 is 1.11 bits per heavy atom. The van der Waals surface area contributed by atoms with Crippen LogP contribution in [-0.2, 0) is 5.41 Å². The number of hydrogen-bond acceptors (Lipinski definition) is 3. The van der Waals surface area contributed by atoms with Gasteiger partial charge in [0.2, 0.25) is 0 Å². The Morgan fingerprint density at radius 1 is 0.446 bits per heavy atom. The van der Waals surface area contributed by atoms with Crippen LogP contribution in [0.15, 0.2) is 211 Å². The predicted molar refractivity (Wildman–Crippen MR) is 228 cm³/mol. The second-order valence-electron chi connectivity index (χ2n) is 14.8. The summed E-state index contributed by atoms with van der Waals surface area (Å²) in [4.78, 5) is 10.7. The van der Waals surface area contributed by atoms with Gasteiger partial charge in [-0.3, -0.25) is 0 Å². The number of aromatic nitrogens is 2. The Hall–Kier alpha value is -7.10. The van der Waals surface area contributed by atoms with Crippen molar-refractivity contribution in [3.05, 3.63) is 229 Å². The van der Waals surface area contributed by atoms with Crippen LogP contribution in [0, 0.1) is 5.92 Å². The van der Waals surface area contributed by atoms with Gasteiger partial charge < -0.3 is 4.42 Å². The van der Waals surface area contributed by atoms with Crippen LogP contribution >= 0.6 is 0 Å². The van der Waals surface area contributed by atoms with E-state index in [0.29, 0.717) is 5.82 Å². The minimum atomic E-state index is -0.450. The SMILES string of the molecule is C1=CC2c3ccccc3C(c3ccccc3)(c3ccccc3-c3cc(-c4cccc(-c5ccc6oc7ccccc7c6c5)c4)nc(-c4ccccc4)n3)C2C=C1. The summed E-state index contributed by atoms with van der Waals surface area (Å²) in [6.45, 7) is 0. The largest absolute Gasteiger partial charge is 0.456 e. The lowest BCUT2D eigenvalue weighted by Gasteiger charge is -2.40. The highest BCUT2D eigenvalue weighted by molar-refractivity contribution is 6.06. The average molecular weight is 717 g/mol. The summed E-state index contributed by atoms with van der Waals surface area (Å²) in [5.74, 6) is 1.14. The molecule has 0 saturated carbocycles. The monoisotopic (exact) mass is 716 g/mol. The number of hydrogen-bond donors (Lipinski definition) is 0. The number of allylic oxidation sites excluding steroid dienone is 4. The van der Waals surface area contributed by atoms with Crippen LogP contribution in [0.2, 0.25) is 0 Å². The third-order valence-corrected chi connectivity index (χ3v) is 11.9. The molecule has 11 rings (SSSR count). The molecule has 0 saturated heterocycles. The van der Waals surface area contributed by atoms with E-state index >= 15 is 0 Å². The van der Waals surface area contributed by atoms with Gasteiger partial charge in [0, 0.05) is 39.3 Å². The Labute approximate surface area is 326 Å². The van der Waals surface area contributed by atoms with Gasteiger partial charge in [0.15, 0.2) is 5.82 Å². The number of furan rings is 1. The summed E-state index contributed by atoms with van der Waals surface area (Å²) >= 11 is 0. The van der Waals surface area contributed by atoms with Crippen molar-refractivity contribution in [3.8, 4) is 45.0 Å². The van der Waals surface area contributed by atoms with E-state index in [4.69, 9.17) is 14.4 Å². The van der Waals surface area contributed by atoms with Crippen molar-refractivity contribution in [2.45, 2.75) is 11.3 Å². The summed E-state index contributed by atoms with van der Waals surface area (Å²) in [7, 11) is 0. The third kappa shape index (κ3) is 5.05. The second-order valence-corrected chi connectivity index (χ2v) is 14.8. The standard InChI is InChI=1S/C53H36N2O/c1-3-16-35(17-4-1)52-54-48(38-19-15-18-36(32-38)37-30-31-51-44(33-37)42-24-10-14-29-50(42)56-51)34-49(55-52)43-25-9-13-28-47(43)53(39-20-5-2-6-21-39)45-26-11-7-22-40(45)41-23-8-12-27-46(41)53/h1-34,40,45H. The molecule has 0 fully saturated rings. The highest BCUT2D eigenvalue weighted by atomic mass is 16.3. The summed E-state index contributed by atoms with van der Waals surface area (Å²) in [6.07, 6.45) is 9.23. The number of fused-ring (bicyclic) bond motifs is 6. The summed E-state index contributed by atoms with van der Waals surface area (Å²) in [6, 6.07) is 64.9. The molecule has 2 heterocycles. The fourth-order valence-corrected chi connectivity index (χ4v) is 9.44. The van der Waals surface area contributed by atoms with Crippen molar-refractivity contribution in [3.63, 3.8) is 0 Å². The lowest BCUT2D eigenvalue weighted by molar-refractivity contribution is 0.457. The number of rotatable bonds is 6. The number of benzene rings is 7. The molecular weight excluding hydrogens is 681 g/mol. The first-order valence-electron chi connectivity index (χ1n) is 19.3. The molecule has 2 aliphatic carbocycles. The quantitative estimate of drug-likeness (QED) is 0.172. The Bertz CT molecular complexity index is 2990. The van der Waals surface area contributed by atoms with Crippen LogP contribution in [0.5, 0.6) is 0 Å². The Balaban J connectivity index is 1.12. The van der Waals surface area contributed by atoms with Crippen LogP contribution in [-0.4, -0.2) is 9.97 Å². The van der Waals surface area contributed by atoms with Gasteiger partial charge in [0.05, 0.1) is 16.8 Å². The van der Waals surface area contributed by atoms with Gasteiger partial charge in [-0.05, 0) is 63.7 Å². The van der Waals surface area contributed by atoms with Gasteiger partial charge in [-0.25, -0.2) is 9.97 Å². The molecule has 0 spiro atoms. The van der Waals surface area contributed by atoms with E-state index in [9.17, 15) is 0 Å². The summed E-state index contributed by atoms with van der Waals surface area (Å²) < 4.78 is 6.15. The highest BCUT2D eigenvalue weighted by Crippen LogP contribution is 2.60. The molecule has 0 amide bonds. The van der Waals surface area contributed by atoms with Crippen molar-refractivity contribution in [2.75, 3.05) is 0 Å². The van der Waals surface area contributed by atoms with Crippen LogP contribution in [0.1, 0.15) is 28.2 Å². The molecule has 7 aromatic carbocycles. The topological polar surface area (TPSA) is 38.9 Å². The maximum Gasteiger partial charge on any atom is 0.160 e. The van der Waals surface area contributed by atoms with E-state index in [2.05, 4.69) is 188 Å². The minimum absolute atomic E-state index is 0.185. The summed E-state index contributed by atoms with van der Waals surface area (Å²) in [5.41, 5.74) is 13.7. The fraction of sp³-hybridized carbons (Fsp3) is 0.0566. The van der Waals surface area contributed by atoms with Crippen molar-refractivity contribution in [2.24, 2.45) is 5.92 Å². The van der Waals surface area contributed by atoms with Gasteiger partial charge in [-0.15, -0.1) is 0 Å². The molecule has 264 valence electrons. The van der Waals surface area contributed by atoms with E-state index in [1.54, 1.807) is 0 Å². The maximum atomic E-state index is 6.15. The van der Waals surface area contributed by atoms with Crippen LogP contribution in [0.4, 0.5) is 0 Å². The smallest absolute Gasteiger partial charge is 0.160 e. The first-order valence-corrected chi connectivity index (χ1v) is 19.3. The van der Waals surface area contributed by atoms with Crippen molar-refractivity contribution in [1.29, 1.82) is 0 Å². The molecule has 2 aliphatic rings. The van der Waals surface area contributed by atoms with Gasteiger partial charge >= 0.3 is 0 Å². The lowest BCUT2D eigenvalue weighted by Crippen LogP contribution is -2.35. The molecule has 2 aromatic heterocycles. The fourth-order valence-electron chi connectivity index (χ4n) is 9.44. The van der Waals surface area contributed by atoms with Crippen LogP contribution < -0.4 is 0 Å².